The molecule has 0 atom stereocenters. The SMILES string of the molecule is COC(=O)c1c(-c2ccc(F)cc2)csc1NC(=O)CN1CCCCCC1. The minimum Gasteiger partial charge on any atom is -0.465 e. The van der Waals surface area contributed by atoms with Crippen molar-refractivity contribution >= 4 is 28.2 Å². The van der Waals surface area contributed by atoms with Gasteiger partial charge in [-0.1, -0.05) is 25.0 Å². The van der Waals surface area contributed by atoms with Gasteiger partial charge in [0.2, 0.25) is 5.91 Å². The molecule has 144 valence electrons. The van der Waals surface area contributed by atoms with Gasteiger partial charge in [-0.15, -0.1) is 11.3 Å². The number of methoxy groups -OCH3 is 1. The number of carbonyl (C=O) groups excluding carboxylic acids is 2. The van der Waals surface area contributed by atoms with Gasteiger partial charge in [0.25, 0.3) is 0 Å². The van der Waals surface area contributed by atoms with Crippen LogP contribution in [0.15, 0.2) is 29.6 Å². The van der Waals surface area contributed by atoms with Crippen LogP contribution in [0.1, 0.15) is 36.0 Å². The number of benzene rings is 1. The number of nitrogens with one attached hydrogen (secondary N) is 1. The maximum atomic E-state index is 13.2. The van der Waals surface area contributed by atoms with Gasteiger partial charge in [-0.3, -0.25) is 9.69 Å². The van der Waals surface area contributed by atoms with Gasteiger partial charge in [0, 0.05) is 10.9 Å². The van der Waals surface area contributed by atoms with Crippen molar-refractivity contribution in [3.63, 3.8) is 0 Å². The van der Waals surface area contributed by atoms with E-state index in [9.17, 15) is 14.0 Å². The molecule has 1 aliphatic rings. The van der Waals surface area contributed by atoms with E-state index in [2.05, 4.69) is 10.2 Å². The van der Waals surface area contributed by atoms with E-state index in [-0.39, 0.29) is 11.7 Å². The number of carbonyl (C=O) groups is 2. The van der Waals surface area contributed by atoms with Crippen molar-refractivity contribution in [1.29, 1.82) is 0 Å². The van der Waals surface area contributed by atoms with Crippen LogP contribution in [0.3, 0.4) is 0 Å². The average Bonchev–Trinajstić information content (AvgIpc) is 2.89. The number of rotatable bonds is 5. The molecule has 1 aromatic carbocycles. The van der Waals surface area contributed by atoms with Crippen LogP contribution in [0.25, 0.3) is 11.1 Å². The highest BCUT2D eigenvalue weighted by Gasteiger charge is 2.23. The number of hydrogen-bond donors (Lipinski definition) is 1. The minimum absolute atomic E-state index is 0.144. The molecule has 5 nitrogen and oxygen atoms in total. The number of amides is 1. The number of hydrogen-bond acceptors (Lipinski definition) is 5. The summed E-state index contributed by atoms with van der Waals surface area (Å²) < 4.78 is 18.1. The fourth-order valence-electron chi connectivity index (χ4n) is 3.26. The topological polar surface area (TPSA) is 58.6 Å². The molecule has 0 aliphatic carbocycles. The Kier molecular flexibility index (Phi) is 6.58. The first-order valence-electron chi connectivity index (χ1n) is 9.06. The molecule has 0 saturated carbocycles. The van der Waals surface area contributed by atoms with Crippen molar-refractivity contribution in [1.82, 2.24) is 4.90 Å². The largest absolute Gasteiger partial charge is 0.465 e. The van der Waals surface area contributed by atoms with E-state index in [0.717, 1.165) is 25.9 Å². The molecule has 1 aliphatic heterocycles. The van der Waals surface area contributed by atoms with Gasteiger partial charge in [-0.2, -0.15) is 0 Å². The molecule has 3 rings (SSSR count). The van der Waals surface area contributed by atoms with Crippen LogP contribution >= 0.6 is 11.3 Å². The number of likely N-dealkylation sites (tertiary alicyclic amines) is 1. The molecule has 1 saturated heterocycles. The monoisotopic (exact) mass is 390 g/mol. The second-order valence-electron chi connectivity index (χ2n) is 6.59. The predicted octanol–water partition coefficient (Wildman–Crippen LogP) is 4.16. The number of thiophene rings is 1. The lowest BCUT2D eigenvalue weighted by atomic mass is 10.0. The fourth-order valence-corrected chi connectivity index (χ4v) is 4.23. The number of ether oxygens (including phenoxy) is 1. The van der Waals surface area contributed by atoms with Crippen LogP contribution < -0.4 is 5.32 Å². The van der Waals surface area contributed by atoms with E-state index >= 15 is 0 Å². The molecule has 1 aromatic heterocycles. The summed E-state index contributed by atoms with van der Waals surface area (Å²) in [6, 6.07) is 5.89. The molecule has 7 heteroatoms. The average molecular weight is 390 g/mol. The summed E-state index contributed by atoms with van der Waals surface area (Å²) >= 11 is 1.27. The summed E-state index contributed by atoms with van der Waals surface area (Å²) in [5.41, 5.74) is 1.62. The summed E-state index contributed by atoms with van der Waals surface area (Å²) in [6.07, 6.45) is 4.62. The van der Waals surface area contributed by atoms with Crippen molar-refractivity contribution in [2.24, 2.45) is 0 Å². The van der Waals surface area contributed by atoms with Crippen molar-refractivity contribution < 1.29 is 18.7 Å². The van der Waals surface area contributed by atoms with Gasteiger partial charge in [0.15, 0.2) is 0 Å². The Labute approximate surface area is 162 Å². The second-order valence-corrected chi connectivity index (χ2v) is 7.47. The zero-order valence-corrected chi connectivity index (χ0v) is 16.1. The highest BCUT2D eigenvalue weighted by molar-refractivity contribution is 7.15. The summed E-state index contributed by atoms with van der Waals surface area (Å²) in [5, 5.41) is 5.10. The third kappa shape index (κ3) is 4.93. The Balaban J connectivity index is 1.79. The molecule has 0 spiro atoms. The lowest BCUT2D eigenvalue weighted by Crippen LogP contribution is -2.34. The van der Waals surface area contributed by atoms with E-state index < -0.39 is 5.97 Å². The molecule has 2 aromatic rings. The second kappa shape index (κ2) is 9.10. The molecule has 1 fully saturated rings. The highest BCUT2D eigenvalue weighted by Crippen LogP contribution is 2.36. The number of anilines is 1. The zero-order valence-electron chi connectivity index (χ0n) is 15.3. The third-order valence-corrected chi connectivity index (χ3v) is 5.55. The van der Waals surface area contributed by atoms with Gasteiger partial charge >= 0.3 is 5.97 Å². The lowest BCUT2D eigenvalue weighted by Gasteiger charge is -2.18. The Hall–Kier alpha value is -2.25. The first-order chi connectivity index (χ1) is 13.1. The third-order valence-electron chi connectivity index (χ3n) is 4.65. The first kappa shape index (κ1) is 19.5. The van der Waals surface area contributed by atoms with E-state index in [4.69, 9.17) is 4.74 Å². The van der Waals surface area contributed by atoms with Gasteiger partial charge in [-0.25, -0.2) is 9.18 Å². The molecule has 27 heavy (non-hydrogen) atoms. The minimum atomic E-state index is -0.527. The van der Waals surface area contributed by atoms with E-state index in [1.54, 1.807) is 17.5 Å². The lowest BCUT2D eigenvalue weighted by molar-refractivity contribution is -0.117. The Morgan fingerprint density at radius 1 is 1.15 bits per heavy atom. The molecule has 2 heterocycles. The van der Waals surface area contributed by atoms with Crippen LogP contribution in [0, 0.1) is 5.82 Å². The quantitative estimate of drug-likeness (QED) is 0.779. The molecule has 1 amide bonds. The smallest absolute Gasteiger partial charge is 0.341 e. The fraction of sp³-hybridized carbons (Fsp3) is 0.400. The van der Waals surface area contributed by atoms with E-state index in [1.165, 1.54) is 43.4 Å². The maximum absolute atomic E-state index is 13.2. The number of nitrogens with zero attached hydrogens (tertiary/aromatic N) is 1. The van der Waals surface area contributed by atoms with Gasteiger partial charge in [-0.05, 0) is 43.6 Å². The van der Waals surface area contributed by atoms with Gasteiger partial charge < -0.3 is 10.1 Å². The highest BCUT2D eigenvalue weighted by atomic mass is 32.1. The van der Waals surface area contributed by atoms with Gasteiger partial charge in [0.05, 0.1) is 13.7 Å². The summed E-state index contributed by atoms with van der Waals surface area (Å²) in [4.78, 5) is 27.0. The van der Waals surface area contributed by atoms with E-state index in [1.807, 2.05) is 0 Å². The summed E-state index contributed by atoms with van der Waals surface area (Å²) in [7, 11) is 1.30. The predicted molar refractivity (Wildman–Crippen MR) is 105 cm³/mol. The molecule has 0 radical (unpaired) electrons. The van der Waals surface area contributed by atoms with Crippen LogP contribution in [0.5, 0.6) is 0 Å². The number of esters is 1. The molecule has 1 N–H and O–H groups in total. The van der Waals surface area contributed by atoms with E-state index in [0.29, 0.717) is 28.2 Å². The normalized spacial score (nSPS) is 15.2. The molecular formula is C20H23FN2O3S. The summed E-state index contributed by atoms with van der Waals surface area (Å²) in [6.45, 7) is 2.15. The molecule has 0 bridgehead atoms. The first-order valence-corrected chi connectivity index (χ1v) is 9.94. The van der Waals surface area contributed by atoms with Gasteiger partial charge in [0.1, 0.15) is 16.4 Å². The van der Waals surface area contributed by atoms with Crippen molar-refractivity contribution in [2.75, 3.05) is 32.1 Å². The Morgan fingerprint density at radius 2 is 1.81 bits per heavy atom. The van der Waals surface area contributed by atoms with Crippen LogP contribution in [-0.4, -0.2) is 43.5 Å². The Bertz CT molecular complexity index is 796. The molecular weight excluding hydrogens is 367 g/mol. The van der Waals surface area contributed by atoms with Crippen LogP contribution in [-0.2, 0) is 9.53 Å². The Morgan fingerprint density at radius 3 is 2.44 bits per heavy atom. The van der Waals surface area contributed by atoms with Crippen molar-refractivity contribution in [3.8, 4) is 11.1 Å². The van der Waals surface area contributed by atoms with Crippen molar-refractivity contribution in [2.45, 2.75) is 25.7 Å². The standard InChI is InChI=1S/C20H23FN2O3S/c1-26-20(25)18-16(14-6-8-15(21)9-7-14)13-27-19(18)22-17(24)12-23-10-4-2-3-5-11-23/h6-9,13H,2-5,10-12H2,1H3,(H,22,24). The van der Waals surface area contributed by atoms with Crippen LogP contribution in [0.2, 0.25) is 0 Å². The zero-order chi connectivity index (χ0) is 19.2. The number of halogens is 1. The molecule has 0 unspecified atom stereocenters. The van der Waals surface area contributed by atoms with Crippen molar-refractivity contribution in [3.05, 3.63) is 41.0 Å². The maximum Gasteiger partial charge on any atom is 0.341 e. The summed E-state index contributed by atoms with van der Waals surface area (Å²) in [5.74, 6) is -1.02. The van der Waals surface area contributed by atoms with Crippen LogP contribution in [0.4, 0.5) is 9.39 Å².